The molecule has 0 unspecified atom stereocenters. The highest BCUT2D eigenvalue weighted by atomic mass is 16.6. The monoisotopic (exact) mass is 273 g/mol. The van der Waals surface area contributed by atoms with Gasteiger partial charge in [-0.2, -0.15) is 0 Å². The number of para-hydroxylation sites is 2. The molecular formula is C14H15N3O3. The molecule has 0 saturated heterocycles. The van der Waals surface area contributed by atoms with Crippen LogP contribution in [0.15, 0.2) is 36.8 Å². The van der Waals surface area contributed by atoms with Gasteiger partial charge >= 0.3 is 0 Å². The van der Waals surface area contributed by atoms with Crippen LogP contribution >= 0.6 is 0 Å². The van der Waals surface area contributed by atoms with Gasteiger partial charge in [-0.05, 0) is 12.1 Å². The second-order valence-electron chi connectivity index (χ2n) is 4.60. The van der Waals surface area contributed by atoms with Crippen LogP contribution in [0.25, 0.3) is 0 Å². The molecular weight excluding hydrogens is 258 g/mol. The van der Waals surface area contributed by atoms with Crippen LogP contribution in [0.2, 0.25) is 0 Å². The fraction of sp³-hybridized carbons (Fsp3) is 0.286. The van der Waals surface area contributed by atoms with Crippen LogP contribution < -0.4 is 14.8 Å². The molecule has 3 rings (SSSR count). The molecule has 0 bridgehead atoms. The van der Waals surface area contributed by atoms with Crippen LogP contribution in [0.3, 0.4) is 0 Å². The predicted octanol–water partition coefficient (Wildman–Crippen LogP) is 0.990. The van der Waals surface area contributed by atoms with Crippen molar-refractivity contribution < 1.29 is 14.3 Å². The van der Waals surface area contributed by atoms with Crippen molar-refractivity contribution in [3.63, 3.8) is 0 Å². The normalized spacial score (nSPS) is 16.8. The second-order valence-corrected chi connectivity index (χ2v) is 4.60. The highest BCUT2D eigenvalue weighted by Crippen LogP contribution is 2.30. The maximum absolute atomic E-state index is 11.9. The molecule has 0 spiro atoms. The number of ether oxygens (including phenoxy) is 2. The molecule has 2 heterocycles. The Bertz CT molecular complexity index is 624. The van der Waals surface area contributed by atoms with Gasteiger partial charge in [-0.25, -0.2) is 4.98 Å². The molecule has 0 aliphatic carbocycles. The third-order valence-corrected chi connectivity index (χ3v) is 3.11. The summed E-state index contributed by atoms with van der Waals surface area (Å²) in [5.41, 5.74) is 0.516. The van der Waals surface area contributed by atoms with Crippen molar-refractivity contribution in [1.82, 2.24) is 14.9 Å². The Kier molecular flexibility index (Phi) is 3.28. The molecule has 104 valence electrons. The Labute approximate surface area is 116 Å². The smallest absolute Gasteiger partial charge is 0.269 e. The standard InChI is InChI=1S/C14H15N3O3/c1-17-9-15-7-11(17)14(18)16-6-10-8-19-12-4-2-3-5-13(12)20-10/h2-5,7,9-10H,6,8H2,1H3,(H,16,18)/t10-/m0/s1. The van der Waals surface area contributed by atoms with E-state index in [2.05, 4.69) is 10.3 Å². The Hall–Kier alpha value is -2.50. The van der Waals surface area contributed by atoms with Crippen LogP contribution in [0.1, 0.15) is 10.5 Å². The van der Waals surface area contributed by atoms with Gasteiger partial charge in [-0.15, -0.1) is 0 Å². The molecule has 2 aromatic rings. The Morgan fingerprint density at radius 2 is 2.25 bits per heavy atom. The first kappa shape index (κ1) is 12.5. The number of aryl methyl sites for hydroxylation is 1. The summed E-state index contributed by atoms with van der Waals surface area (Å²) in [5.74, 6) is 1.27. The SMILES string of the molecule is Cn1cncc1C(=O)NC[C@H]1COc2ccccc2O1. The van der Waals surface area contributed by atoms with Gasteiger partial charge in [0.1, 0.15) is 18.4 Å². The van der Waals surface area contributed by atoms with Gasteiger partial charge in [-0.1, -0.05) is 12.1 Å². The number of nitrogens with zero attached hydrogens (tertiary/aromatic N) is 2. The van der Waals surface area contributed by atoms with Crippen LogP contribution in [0.4, 0.5) is 0 Å². The zero-order valence-corrected chi connectivity index (χ0v) is 11.1. The van der Waals surface area contributed by atoms with Gasteiger partial charge in [0.15, 0.2) is 11.5 Å². The number of nitrogens with one attached hydrogen (secondary N) is 1. The van der Waals surface area contributed by atoms with Crippen molar-refractivity contribution in [3.8, 4) is 11.5 Å². The molecule has 1 aliphatic heterocycles. The average molecular weight is 273 g/mol. The summed E-state index contributed by atoms with van der Waals surface area (Å²) in [7, 11) is 1.78. The molecule has 0 saturated carbocycles. The number of fused-ring (bicyclic) bond motifs is 1. The number of aromatic nitrogens is 2. The molecule has 20 heavy (non-hydrogen) atoms. The Balaban J connectivity index is 1.58. The third kappa shape index (κ3) is 2.45. The van der Waals surface area contributed by atoms with Gasteiger partial charge in [0.2, 0.25) is 0 Å². The molecule has 1 amide bonds. The van der Waals surface area contributed by atoms with Gasteiger partial charge in [0, 0.05) is 7.05 Å². The quantitative estimate of drug-likeness (QED) is 0.905. The first-order chi connectivity index (χ1) is 9.74. The summed E-state index contributed by atoms with van der Waals surface area (Å²) in [6.07, 6.45) is 2.93. The molecule has 0 fully saturated rings. The third-order valence-electron chi connectivity index (χ3n) is 3.11. The van der Waals surface area contributed by atoms with Crippen molar-refractivity contribution >= 4 is 5.91 Å². The minimum absolute atomic E-state index is 0.174. The second kappa shape index (κ2) is 5.24. The predicted molar refractivity (Wildman–Crippen MR) is 71.9 cm³/mol. The van der Waals surface area contributed by atoms with Gasteiger partial charge < -0.3 is 19.4 Å². The van der Waals surface area contributed by atoms with Crippen molar-refractivity contribution in [2.45, 2.75) is 6.10 Å². The van der Waals surface area contributed by atoms with Crippen LogP contribution in [0.5, 0.6) is 11.5 Å². The van der Waals surface area contributed by atoms with E-state index in [-0.39, 0.29) is 12.0 Å². The number of carbonyl (C=O) groups is 1. The number of amides is 1. The lowest BCUT2D eigenvalue weighted by molar-refractivity contribution is 0.0784. The van der Waals surface area contributed by atoms with Crippen molar-refractivity contribution in [1.29, 1.82) is 0 Å². The molecule has 0 radical (unpaired) electrons. The Morgan fingerprint density at radius 1 is 1.45 bits per heavy atom. The van der Waals surface area contributed by atoms with Crippen LogP contribution in [-0.2, 0) is 7.05 Å². The van der Waals surface area contributed by atoms with E-state index in [1.54, 1.807) is 17.9 Å². The molecule has 1 N–H and O–H groups in total. The minimum atomic E-state index is -0.193. The topological polar surface area (TPSA) is 65.4 Å². The summed E-state index contributed by atoms with van der Waals surface area (Å²) in [5, 5.41) is 2.82. The summed E-state index contributed by atoms with van der Waals surface area (Å²) in [4.78, 5) is 15.9. The highest BCUT2D eigenvalue weighted by molar-refractivity contribution is 5.92. The van der Waals surface area contributed by atoms with Gasteiger partial charge in [0.05, 0.1) is 19.1 Å². The number of hydrogen-bond acceptors (Lipinski definition) is 4. The molecule has 6 nitrogen and oxygen atoms in total. The summed E-state index contributed by atoms with van der Waals surface area (Å²) >= 11 is 0. The molecule has 1 aromatic carbocycles. The molecule has 1 atom stereocenters. The van der Waals surface area contributed by atoms with Gasteiger partial charge in [-0.3, -0.25) is 4.79 Å². The lowest BCUT2D eigenvalue weighted by Crippen LogP contribution is -2.41. The van der Waals surface area contributed by atoms with Crippen molar-refractivity contribution in [3.05, 3.63) is 42.5 Å². The van der Waals surface area contributed by atoms with E-state index in [0.717, 1.165) is 5.75 Å². The highest BCUT2D eigenvalue weighted by Gasteiger charge is 2.21. The van der Waals surface area contributed by atoms with E-state index >= 15 is 0 Å². The number of rotatable bonds is 3. The van der Waals surface area contributed by atoms with E-state index in [1.165, 1.54) is 6.20 Å². The molecule has 1 aliphatic rings. The van der Waals surface area contributed by atoms with Crippen molar-refractivity contribution in [2.24, 2.45) is 7.05 Å². The minimum Gasteiger partial charge on any atom is -0.486 e. The first-order valence-corrected chi connectivity index (χ1v) is 6.37. The van der Waals surface area contributed by atoms with E-state index in [9.17, 15) is 4.79 Å². The lowest BCUT2D eigenvalue weighted by atomic mass is 10.2. The number of benzene rings is 1. The fourth-order valence-corrected chi connectivity index (χ4v) is 2.04. The number of imidazole rings is 1. The summed E-state index contributed by atoms with van der Waals surface area (Å²) < 4.78 is 13.0. The largest absolute Gasteiger partial charge is 0.486 e. The Morgan fingerprint density at radius 3 is 3.00 bits per heavy atom. The first-order valence-electron chi connectivity index (χ1n) is 6.37. The number of hydrogen-bond donors (Lipinski definition) is 1. The molecule has 1 aromatic heterocycles. The lowest BCUT2D eigenvalue weighted by Gasteiger charge is -2.26. The van der Waals surface area contributed by atoms with E-state index in [4.69, 9.17) is 9.47 Å². The summed E-state index contributed by atoms with van der Waals surface area (Å²) in [6, 6.07) is 7.50. The summed E-state index contributed by atoms with van der Waals surface area (Å²) in [6.45, 7) is 0.807. The van der Waals surface area contributed by atoms with E-state index in [1.807, 2.05) is 24.3 Å². The zero-order valence-electron chi connectivity index (χ0n) is 11.1. The maximum atomic E-state index is 11.9. The fourth-order valence-electron chi connectivity index (χ4n) is 2.04. The van der Waals surface area contributed by atoms with Crippen LogP contribution in [0, 0.1) is 0 Å². The van der Waals surface area contributed by atoms with Gasteiger partial charge in [0.25, 0.3) is 5.91 Å². The molecule has 6 heteroatoms. The van der Waals surface area contributed by atoms with E-state index < -0.39 is 0 Å². The van der Waals surface area contributed by atoms with Crippen LogP contribution in [-0.4, -0.2) is 34.7 Å². The van der Waals surface area contributed by atoms with Crippen molar-refractivity contribution in [2.75, 3.05) is 13.2 Å². The average Bonchev–Trinajstić information content (AvgIpc) is 2.91. The zero-order chi connectivity index (χ0) is 13.9. The maximum Gasteiger partial charge on any atom is 0.269 e. The number of carbonyl (C=O) groups excluding carboxylic acids is 1. The van der Waals surface area contributed by atoms with E-state index in [0.29, 0.717) is 24.6 Å².